The van der Waals surface area contributed by atoms with Crippen molar-refractivity contribution in [1.82, 2.24) is 0 Å². The Kier molecular flexibility index (Phi) is 2.02. The second-order valence-electron chi connectivity index (χ2n) is 3.44. The molecule has 2 rings (SSSR count). The Bertz CT molecular complexity index is 249. The Morgan fingerprint density at radius 2 is 2.00 bits per heavy atom. The van der Waals surface area contributed by atoms with Gasteiger partial charge < -0.3 is 0 Å². The molecule has 0 atom stereocenters. The molecule has 64 valence electrons. The maximum atomic E-state index is 11.1. The van der Waals surface area contributed by atoms with Crippen molar-refractivity contribution >= 4 is 5.91 Å². The topological polar surface area (TPSA) is 41.8 Å². The number of rotatable bonds is 1. The number of carbonyl (C=O) groups is 1. The molecule has 3 nitrogen and oxygen atoms in total. The van der Waals surface area contributed by atoms with Crippen LogP contribution in [0.5, 0.6) is 0 Å². The van der Waals surface area contributed by atoms with Crippen LogP contribution in [-0.4, -0.2) is 5.91 Å². The quantitative estimate of drug-likeness (QED) is 0.586. The van der Waals surface area contributed by atoms with Crippen LogP contribution >= 0.6 is 0 Å². The minimum atomic E-state index is -0.109. The van der Waals surface area contributed by atoms with Crippen LogP contribution in [0.2, 0.25) is 0 Å². The van der Waals surface area contributed by atoms with Gasteiger partial charge in [0.05, 0.1) is 6.20 Å². The highest BCUT2D eigenvalue weighted by Gasteiger charge is 2.24. The number of nitrogens with zero attached hydrogens (tertiary/aromatic N) is 2. The molecule has 12 heavy (non-hydrogen) atoms. The molecular formula is C9H12N2O. The maximum absolute atomic E-state index is 11.1. The van der Waals surface area contributed by atoms with E-state index in [9.17, 15) is 4.79 Å². The normalized spacial score (nSPS) is 24.7. The summed E-state index contributed by atoms with van der Waals surface area (Å²) in [5.74, 6) is 0.336. The summed E-state index contributed by atoms with van der Waals surface area (Å²) in [5, 5.41) is 7.12. The average molecular weight is 164 g/mol. The van der Waals surface area contributed by atoms with Gasteiger partial charge in [-0.1, -0.05) is 19.3 Å². The molecule has 0 aromatic rings. The first-order valence-corrected chi connectivity index (χ1v) is 4.53. The molecule has 2 aliphatic rings. The third kappa shape index (κ3) is 1.31. The summed E-state index contributed by atoms with van der Waals surface area (Å²) in [4.78, 5) is 11.1. The van der Waals surface area contributed by atoms with Gasteiger partial charge in [-0.3, -0.25) is 4.79 Å². The molecule has 1 amide bonds. The van der Waals surface area contributed by atoms with E-state index in [1.54, 1.807) is 6.20 Å². The van der Waals surface area contributed by atoms with Crippen LogP contribution in [0, 0.1) is 5.92 Å². The summed E-state index contributed by atoms with van der Waals surface area (Å²) in [6.45, 7) is 0. The second kappa shape index (κ2) is 3.17. The molecule has 0 aromatic carbocycles. The summed E-state index contributed by atoms with van der Waals surface area (Å²) < 4.78 is 0. The monoisotopic (exact) mass is 164 g/mol. The molecule has 0 aromatic heterocycles. The van der Waals surface area contributed by atoms with E-state index in [0.29, 0.717) is 5.92 Å². The van der Waals surface area contributed by atoms with E-state index in [1.165, 1.54) is 19.3 Å². The molecule has 0 saturated heterocycles. The van der Waals surface area contributed by atoms with E-state index in [1.807, 2.05) is 0 Å². The van der Waals surface area contributed by atoms with Crippen molar-refractivity contribution in [3.63, 3.8) is 0 Å². The van der Waals surface area contributed by atoms with Gasteiger partial charge in [0.15, 0.2) is 0 Å². The van der Waals surface area contributed by atoms with Crippen LogP contribution in [0.1, 0.15) is 32.1 Å². The summed E-state index contributed by atoms with van der Waals surface area (Å²) in [7, 11) is 0. The Hall–Kier alpha value is -0.990. The van der Waals surface area contributed by atoms with Crippen molar-refractivity contribution in [1.29, 1.82) is 0 Å². The minimum absolute atomic E-state index is 0.109. The van der Waals surface area contributed by atoms with Crippen LogP contribution in [0.3, 0.4) is 0 Å². The highest BCUT2D eigenvalue weighted by molar-refractivity contribution is 5.95. The predicted molar refractivity (Wildman–Crippen MR) is 44.5 cm³/mol. The van der Waals surface area contributed by atoms with E-state index in [-0.39, 0.29) is 5.91 Å². The number of hydrogen-bond acceptors (Lipinski definition) is 2. The van der Waals surface area contributed by atoms with Crippen LogP contribution in [0.25, 0.3) is 0 Å². The summed E-state index contributed by atoms with van der Waals surface area (Å²) in [6.07, 6.45) is 7.72. The van der Waals surface area contributed by atoms with Gasteiger partial charge in [-0.05, 0) is 18.8 Å². The fourth-order valence-corrected chi connectivity index (χ4v) is 1.95. The molecule has 3 heteroatoms. The molecule has 1 aliphatic heterocycles. The number of azo groups is 1. The zero-order valence-electron chi connectivity index (χ0n) is 6.99. The summed E-state index contributed by atoms with van der Waals surface area (Å²) in [6, 6.07) is 0. The zero-order valence-corrected chi connectivity index (χ0v) is 6.99. The molecule has 1 saturated carbocycles. The lowest BCUT2D eigenvalue weighted by molar-refractivity contribution is -0.115. The molecular weight excluding hydrogens is 152 g/mol. The first kappa shape index (κ1) is 7.65. The van der Waals surface area contributed by atoms with Gasteiger partial charge in [0.1, 0.15) is 0 Å². The molecule has 1 aliphatic carbocycles. The second-order valence-corrected chi connectivity index (χ2v) is 3.44. The Labute approximate surface area is 71.6 Å². The van der Waals surface area contributed by atoms with Gasteiger partial charge in [-0.25, -0.2) is 0 Å². The Balaban J connectivity index is 2.04. The van der Waals surface area contributed by atoms with Gasteiger partial charge in [0.2, 0.25) is 0 Å². The largest absolute Gasteiger partial charge is 0.293 e. The molecule has 1 heterocycles. The van der Waals surface area contributed by atoms with E-state index in [2.05, 4.69) is 10.2 Å². The highest BCUT2D eigenvalue weighted by atomic mass is 16.2. The number of amides is 1. The van der Waals surface area contributed by atoms with Crippen molar-refractivity contribution in [3.8, 4) is 0 Å². The minimum Gasteiger partial charge on any atom is -0.265 e. The average Bonchev–Trinajstić information content (AvgIpc) is 2.53. The van der Waals surface area contributed by atoms with Gasteiger partial charge in [0, 0.05) is 5.57 Å². The van der Waals surface area contributed by atoms with E-state index in [4.69, 9.17) is 0 Å². The summed E-state index contributed by atoms with van der Waals surface area (Å²) >= 11 is 0. The van der Waals surface area contributed by atoms with Crippen molar-refractivity contribution in [2.45, 2.75) is 32.1 Å². The number of carbonyl (C=O) groups excluding carboxylic acids is 1. The lowest BCUT2D eigenvalue weighted by Gasteiger charge is -2.20. The Morgan fingerprint density at radius 1 is 1.25 bits per heavy atom. The van der Waals surface area contributed by atoms with Crippen molar-refractivity contribution in [2.75, 3.05) is 0 Å². The SMILES string of the molecule is O=C1N=NC=C1C1CCCCC1. The summed E-state index contributed by atoms with van der Waals surface area (Å²) in [5.41, 5.74) is 0.842. The first-order valence-electron chi connectivity index (χ1n) is 4.53. The first-order chi connectivity index (χ1) is 5.88. The van der Waals surface area contributed by atoms with E-state index in [0.717, 1.165) is 18.4 Å². The molecule has 1 fully saturated rings. The smallest absolute Gasteiger partial charge is 0.265 e. The van der Waals surface area contributed by atoms with Gasteiger partial charge in [0.25, 0.3) is 5.91 Å². The third-order valence-electron chi connectivity index (χ3n) is 2.64. The highest BCUT2D eigenvalue weighted by Crippen LogP contribution is 2.31. The lowest BCUT2D eigenvalue weighted by atomic mass is 9.84. The van der Waals surface area contributed by atoms with Gasteiger partial charge >= 0.3 is 0 Å². The fourth-order valence-electron chi connectivity index (χ4n) is 1.95. The fraction of sp³-hybridized carbons (Fsp3) is 0.667. The third-order valence-corrected chi connectivity index (χ3v) is 2.64. The molecule has 0 spiro atoms. The molecule has 0 radical (unpaired) electrons. The molecule has 0 bridgehead atoms. The van der Waals surface area contributed by atoms with Crippen LogP contribution in [0.4, 0.5) is 0 Å². The van der Waals surface area contributed by atoms with Crippen molar-refractivity contribution < 1.29 is 4.79 Å². The zero-order chi connectivity index (χ0) is 8.39. The maximum Gasteiger partial charge on any atom is 0.293 e. The van der Waals surface area contributed by atoms with E-state index >= 15 is 0 Å². The van der Waals surface area contributed by atoms with Crippen LogP contribution in [0.15, 0.2) is 22.0 Å². The van der Waals surface area contributed by atoms with Crippen LogP contribution < -0.4 is 0 Å². The lowest BCUT2D eigenvalue weighted by Crippen LogP contribution is -2.12. The molecule has 0 N–H and O–H groups in total. The van der Waals surface area contributed by atoms with Crippen molar-refractivity contribution in [3.05, 3.63) is 11.8 Å². The van der Waals surface area contributed by atoms with Gasteiger partial charge in [-0.2, -0.15) is 5.11 Å². The number of hydrogen-bond donors (Lipinski definition) is 0. The van der Waals surface area contributed by atoms with Gasteiger partial charge in [-0.15, -0.1) is 5.11 Å². The van der Waals surface area contributed by atoms with Crippen molar-refractivity contribution in [2.24, 2.45) is 16.1 Å². The Morgan fingerprint density at radius 3 is 2.58 bits per heavy atom. The van der Waals surface area contributed by atoms with Crippen LogP contribution in [-0.2, 0) is 4.79 Å². The predicted octanol–water partition coefficient (Wildman–Crippen LogP) is 2.44. The molecule has 0 unspecified atom stereocenters. The standard InChI is InChI=1S/C9H12N2O/c12-9-8(6-10-11-9)7-4-2-1-3-5-7/h6-7H,1-5H2. The van der Waals surface area contributed by atoms with E-state index < -0.39 is 0 Å².